The minimum Gasteiger partial charge on any atom is -0.496 e. The number of hydrogen-bond acceptors (Lipinski definition) is 6. The predicted octanol–water partition coefficient (Wildman–Crippen LogP) is 5.16. The van der Waals surface area contributed by atoms with Gasteiger partial charge in [-0.25, -0.2) is 14.4 Å². The van der Waals surface area contributed by atoms with Gasteiger partial charge >= 0.3 is 5.69 Å². The quantitative estimate of drug-likeness (QED) is 0.266. The monoisotopic (exact) mass is 544 g/mol. The van der Waals surface area contributed by atoms with Crippen molar-refractivity contribution in [1.29, 1.82) is 5.41 Å². The van der Waals surface area contributed by atoms with Crippen molar-refractivity contribution < 1.29 is 9.53 Å². The number of methoxy groups -OCH3 is 1. The Hall–Kier alpha value is -4.24. The fourth-order valence-electron chi connectivity index (χ4n) is 4.11. The Morgan fingerprint density at radius 1 is 1.12 bits per heavy atom. The van der Waals surface area contributed by atoms with Gasteiger partial charge in [-0.3, -0.25) is 9.36 Å². The van der Waals surface area contributed by atoms with Gasteiger partial charge in [-0.2, -0.15) is 0 Å². The lowest BCUT2D eigenvalue weighted by Crippen LogP contribution is -2.26. The molecule has 1 heterocycles. The van der Waals surface area contributed by atoms with Crippen LogP contribution in [0.15, 0.2) is 64.4 Å². The number of likely N-dealkylation sites (N-methyl/N-ethyl adjacent to an activating group) is 2. The summed E-state index contributed by atoms with van der Waals surface area (Å²) < 4.78 is 8.52. The average molecular weight is 545 g/mol. The number of rotatable bonds is 11. The summed E-state index contributed by atoms with van der Waals surface area (Å²) in [5.74, 6) is 0.991. The second-order valence-electron chi connectivity index (χ2n) is 10.1. The molecule has 0 radical (unpaired) electrons. The largest absolute Gasteiger partial charge is 0.496 e. The van der Waals surface area contributed by atoms with Crippen molar-refractivity contribution in [1.82, 2.24) is 14.0 Å². The number of nitrogens with one attached hydrogen (secondary N) is 1. The molecule has 0 aliphatic rings. The van der Waals surface area contributed by atoms with Gasteiger partial charge in [0.1, 0.15) is 11.4 Å². The lowest BCUT2D eigenvalue weighted by molar-refractivity contribution is -0.113. The summed E-state index contributed by atoms with van der Waals surface area (Å²) in [6.45, 7) is 8.34. The Morgan fingerprint density at radius 2 is 1.82 bits per heavy atom. The van der Waals surface area contributed by atoms with Crippen molar-refractivity contribution in [3.8, 4) is 17.1 Å². The first-order valence-corrected chi connectivity index (χ1v) is 13.3. The maximum atomic E-state index is 14.2. The van der Waals surface area contributed by atoms with Crippen LogP contribution >= 0.6 is 0 Å². The van der Waals surface area contributed by atoms with E-state index in [-0.39, 0.29) is 23.2 Å². The van der Waals surface area contributed by atoms with Gasteiger partial charge in [-0.1, -0.05) is 32.1 Å². The predicted molar refractivity (Wildman–Crippen MR) is 164 cm³/mol. The van der Waals surface area contributed by atoms with E-state index in [2.05, 4.69) is 13.8 Å². The smallest absolute Gasteiger partial charge is 0.339 e. The summed E-state index contributed by atoms with van der Waals surface area (Å²) in [6, 6.07) is 12.7. The van der Waals surface area contributed by atoms with Crippen LogP contribution in [0.5, 0.6) is 5.75 Å². The highest BCUT2D eigenvalue weighted by Crippen LogP contribution is 2.29. The van der Waals surface area contributed by atoms with E-state index in [0.717, 1.165) is 12.0 Å². The number of aryl methyl sites for hydroxylation is 1. The molecule has 0 fully saturated rings. The van der Waals surface area contributed by atoms with Crippen LogP contribution in [0.1, 0.15) is 38.4 Å². The van der Waals surface area contributed by atoms with Gasteiger partial charge in [-0.05, 0) is 70.1 Å². The molecule has 0 aliphatic carbocycles. The highest BCUT2D eigenvalue weighted by Gasteiger charge is 2.24. The molecule has 0 saturated carbocycles. The van der Waals surface area contributed by atoms with E-state index in [1.807, 2.05) is 56.4 Å². The van der Waals surface area contributed by atoms with E-state index in [0.29, 0.717) is 40.9 Å². The topological polar surface area (TPSA) is 95.9 Å². The number of nitrogens with zero attached hydrogens (tertiary/aromatic N) is 5. The van der Waals surface area contributed by atoms with E-state index in [1.165, 1.54) is 14.0 Å². The molecule has 40 heavy (non-hydrogen) atoms. The van der Waals surface area contributed by atoms with Crippen molar-refractivity contribution in [3.05, 3.63) is 76.4 Å². The molecule has 0 bridgehead atoms. The minimum atomic E-state index is -0.374. The number of anilines is 1. The molecule has 3 rings (SSSR count). The summed E-state index contributed by atoms with van der Waals surface area (Å²) >= 11 is 0. The number of aromatic nitrogens is 2. The zero-order valence-electron chi connectivity index (χ0n) is 24.7. The van der Waals surface area contributed by atoms with Gasteiger partial charge in [0.05, 0.1) is 24.2 Å². The Bertz CT molecular complexity index is 1500. The average Bonchev–Trinajstić information content (AvgIpc) is 3.23. The van der Waals surface area contributed by atoms with Crippen LogP contribution in [0.4, 0.5) is 11.5 Å². The number of imidazole rings is 1. The summed E-state index contributed by atoms with van der Waals surface area (Å²) in [4.78, 5) is 35.2. The van der Waals surface area contributed by atoms with Gasteiger partial charge in [0.2, 0.25) is 5.91 Å². The molecule has 3 aromatic rings. The van der Waals surface area contributed by atoms with E-state index >= 15 is 0 Å². The van der Waals surface area contributed by atoms with Gasteiger partial charge < -0.3 is 19.9 Å². The molecule has 0 aliphatic heterocycles. The van der Waals surface area contributed by atoms with Crippen LogP contribution in [-0.4, -0.2) is 66.7 Å². The van der Waals surface area contributed by atoms with Crippen molar-refractivity contribution in [3.63, 3.8) is 0 Å². The third-order valence-corrected chi connectivity index (χ3v) is 6.67. The highest BCUT2D eigenvalue weighted by atomic mass is 16.5. The molecule has 0 saturated heterocycles. The second-order valence-corrected chi connectivity index (χ2v) is 10.1. The lowest BCUT2D eigenvalue weighted by atomic mass is 10.1. The lowest BCUT2D eigenvalue weighted by Gasteiger charge is -2.17. The molecule has 1 amide bonds. The summed E-state index contributed by atoms with van der Waals surface area (Å²) in [6.07, 6.45) is 6.04. The van der Waals surface area contributed by atoms with Gasteiger partial charge in [0.25, 0.3) is 0 Å². The van der Waals surface area contributed by atoms with E-state index in [9.17, 15) is 9.59 Å². The van der Waals surface area contributed by atoms with E-state index in [4.69, 9.17) is 15.1 Å². The number of hydrogen-bond donors (Lipinski definition) is 1. The Labute approximate surface area is 236 Å². The Kier molecular flexibility index (Phi) is 10.0. The van der Waals surface area contributed by atoms with Crippen molar-refractivity contribution in [2.75, 3.05) is 39.7 Å². The van der Waals surface area contributed by atoms with Gasteiger partial charge in [-0.15, -0.1) is 0 Å². The van der Waals surface area contributed by atoms with E-state index < -0.39 is 0 Å². The SMILES string of the molecule is CCC(C)C=Nc1c(C(C)=N)n(-c2ccc(C)c(OC)c2)c(=O)n1-c1cccc(N(C)C(=O)C=CCN(C)C)c1. The zero-order valence-corrected chi connectivity index (χ0v) is 24.7. The molecule has 1 N–H and O–H groups in total. The third-order valence-electron chi connectivity index (χ3n) is 6.67. The van der Waals surface area contributed by atoms with Crippen LogP contribution in [0, 0.1) is 18.3 Å². The van der Waals surface area contributed by atoms with Crippen LogP contribution in [0.25, 0.3) is 11.4 Å². The maximum Gasteiger partial charge on any atom is 0.339 e. The van der Waals surface area contributed by atoms with Crippen LogP contribution < -0.4 is 15.3 Å². The normalized spacial score (nSPS) is 12.4. The van der Waals surface area contributed by atoms with Gasteiger partial charge in [0.15, 0.2) is 5.82 Å². The van der Waals surface area contributed by atoms with Crippen molar-refractivity contribution in [2.45, 2.75) is 34.1 Å². The molecule has 9 nitrogen and oxygen atoms in total. The van der Waals surface area contributed by atoms with Gasteiger partial charge in [0, 0.05) is 37.6 Å². The minimum absolute atomic E-state index is 0.175. The molecule has 0 spiro atoms. The fraction of sp³-hybridized carbons (Fsp3) is 0.355. The fourth-order valence-corrected chi connectivity index (χ4v) is 4.11. The number of ether oxygens (including phenoxy) is 1. The first-order chi connectivity index (χ1) is 19.0. The molecule has 2 aromatic carbocycles. The number of carbonyl (C=O) groups excluding carboxylic acids is 1. The highest BCUT2D eigenvalue weighted by molar-refractivity contribution is 6.01. The number of aliphatic imine (C=N–C) groups is 1. The van der Waals surface area contributed by atoms with Crippen molar-refractivity contribution in [2.24, 2.45) is 10.9 Å². The zero-order chi connectivity index (χ0) is 29.6. The van der Waals surface area contributed by atoms with Crippen molar-refractivity contribution >= 4 is 29.3 Å². The Morgan fingerprint density at radius 3 is 2.45 bits per heavy atom. The summed E-state index contributed by atoms with van der Waals surface area (Å²) in [5.41, 5.74) is 2.87. The standard InChI is InChI=1S/C31H40N6O3/c1-9-21(2)20-33-30-29(23(4)32)36(26-16-15-22(3)27(19-26)40-8)31(39)37(30)25-13-10-12-24(18-25)35(7)28(38)14-11-17-34(5)6/h10-16,18-21,32H,9,17H2,1-8H3. The molecule has 1 atom stereocenters. The Balaban J connectivity index is 2.26. The first-order valence-electron chi connectivity index (χ1n) is 13.3. The number of carbonyl (C=O) groups is 1. The third kappa shape index (κ3) is 6.66. The maximum absolute atomic E-state index is 14.2. The van der Waals surface area contributed by atoms with Crippen LogP contribution in [-0.2, 0) is 4.79 Å². The molecule has 1 unspecified atom stereocenters. The second kappa shape index (κ2) is 13.2. The molecule has 9 heteroatoms. The molecule has 212 valence electrons. The molecule has 1 aromatic heterocycles. The summed E-state index contributed by atoms with van der Waals surface area (Å²) in [5, 5.41) is 8.63. The molecular weight excluding hydrogens is 504 g/mol. The number of amides is 1. The van der Waals surface area contributed by atoms with Crippen LogP contribution in [0.3, 0.4) is 0 Å². The van der Waals surface area contributed by atoms with E-state index in [1.54, 1.807) is 51.4 Å². The summed E-state index contributed by atoms with van der Waals surface area (Å²) in [7, 11) is 7.15. The number of benzene rings is 2. The first kappa shape index (κ1) is 30.3. The molecular formula is C31H40N6O3. The van der Waals surface area contributed by atoms with Crippen LogP contribution in [0.2, 0.25) is 0 Å².